The van der Waals surface area contributed by atoms with Crippen LogP contribution < -0.4 is 15.4 Å². The van der Waals surface area contributed by atoms with Gasteiger partial charge >= 0.3 is 0 Å². The molecule has 0 radical (unpaired) electrons. The van der Waals surface area contributed by atoms with Gasteiger partial charge in [0.25, 0.3) is 0 Å². The minimum absolute atomic E-state index is 0.152. The van der Waals surface area contributed by atoms with Crippen LogP contribution >= 0.6 is 0 Å². The van der Waals surface area contributed by atoms with Crippen molar-refractivity contribution in [2.45, 2.75) is 6.04 Å². The van der Waals surface area contributed by atoms with Crippen molar-refractivity contribution in [1.82, 2.24) is 0 Å². The normalized spacial score (nSPS) is 11.8. The van der Waals surface area contributed by atoms with E-state index in [0.29, 0.717) is 0 Å². The van der Waals surface area contributed by atoms with Gasteiger partial charge in [0, 0.05) is 12.7 Å². The Balaban J connectivity index is 2.15. The number of likely N-dealkylation sites (N-methyl/N-ethyl adjacent to an activating group) is 1. The molecule has 104 valence electrons. The van der Waals surface area contributed by atoms with Crippen LogP contribution in [0.4, 0.5) is 5.69 Å². The number of carbonyl (C=O) groups is 1. The van der Waals surface area contributed by atoms with Gasteiger partial charge in [-0.2, -0.15) is 0 Å². The maximum absolute atomic E-state index is 12.4. The van der Waals surface area contributed by atoms with Crippen molar-refractivity contribution in [1.29, 1.82) is 0 Å². The van der Waals surface area contributed by atoms with Crippen LogP contribution in [0.1, 0.15) is 11.6 Å². The molecule has 20 heavy (non-hydrogen) atoms. The van der Waals surface area contributed by atoms with E-state index in [1.807, 2.05) is 54.6 Å². The molecule has 0 saturated carbocycles. The number of ether oxygens (including phenoxy) is 1. The molecule has 0 aliphatic rings. The van der Waals surface area contributed by atoms with Crippen molar-refractivity contribution in [3.63, 3.8) is 0 Å². The van der Waals surface area contributed by atoms with Crippen molar-refractivity contribution >= 4 is 11.6 Å². The first kappa shape index (κ1) is 14.1. The molecular formula is C16H18N2O2. The molecule has 4 nitrogen and oxygen atoms in total. The second kappa shape index (κ2) is 6.21. The van der Waals surface area contributed by atoms with Gasteiger partial charge in [-0.1, -0.05) is 30.3 Å². The minimum Gasteiger partial charge on any atom is -0.497 e. The Morgan fingerprint density at radius 1 is 1.10 bits per heavy atom. The summed E-state index contributed by atoms with van der Waals surface area (Å²) in [6, 6.07) is 16.0. The number of nitrogens with zero attached hydrogens (tertiary/aromatic N) is 1. The summed E-state index contributed by atoms with van der Waals surface area (Å²) in [6.45, 7) is 0. The average Bonchev–Trinajstić information content (AvgIpc) is 2.53. The summed E-state index contributed by atoms with van der Waals surface area (Å²) in [5, 5.41) is 0. The molecule has 4 heteroatoms. The number of amides is 1. The van der Waals surface area contributed by atoms with Crippen LogP contribution in [0.15, 0.2) is 54.6 Å². The van der Waals surface area contributed by atoms with Crippen molar-refractivity contribution in [3.05, 3.63) is 60.2 Å². The smallest absolute Gasteiger partial charge is 0.248 e. The van der Waals surface area contributed by atoms with Crippen LogP contribution in [-0.4, -0.2) is 20.1 Å². The number of rotatable bonds is 4. The lowest BCUT2D eigenvalue weighted by atomic mass is 10.1. The lowest BCUT2D eigenvalue weighted by molar-refractivity contribution is -0.119. The molecule has 1 amide bonds. The summed E-state index contributed by atoms with van der Waals surface area (Å²) in [5.74, 6) is 0.600. The largest absolute Gasteiger partial charge is 0.497 e. The lowest BCUT2D eigenvalue weighted by Crippen LogP contribution is -2.35. The number of carbonyl (C=O) groups excluding carboxylic acids is 1. The van der Waals surface area contributed by atoms with Gasteiger partial charge in [-0.05, 0) is 29.8 Å². The van der Waals surface area contributed by atoms with Crippen LogP contribution in [0.5, 0.6) is 5.75 Å². The number of hydrogen-bond donors (Lipinski definition) is 1. The number of anilines is 1. The topological polar surface area (TPSA) is 55.6 Å². The molecule has 2 aromatic rings. The van der Waals surface area contributed by atoms with E-state index in [1.54, 1.807) is 19.1 Å². The second-order valence-electron chi connectivity index (χ2n) is 4.48. The van der Waals surface area contributed by atoms with Crippen LogP contribution in [0.25, 0.3) is 0 Å². The standard InChI is InChI=1S/C16H18N2O2/c1-18(13-8-10-14(20-2)11-9-13)16(19)15(17)12-6-4-3-5-7-12/h3-11,15H,17H2,1-2H3/t15-/m0/s1. The Bertz CT molecular complexity index is 567. The molecule has 0 unspecified atom stereocenters. The SMILES string of the molecule is COc1ccc(N(C)C(=O)[C@@H](N)c2ccccc2)cc1. The molecule has 0 aliphatic heterocycles. The fourth-order valence-electron chi connectivity index (χ4n) is 1.94. The van der Waals surface area contributed by atoms with Crippen LogP contribution in [-0.2, 0) is 4.79 Å². The van der Waals surface area contributed by atoms with Crippen LogP contribution in [0, 0.1) is 0 Å². The van der Waals surface area contributed by atoms with E-state index < -0.39 is 6.04 Å². The molecule has 1 atom stereocenters. The van der Waals surface area contributed by atoms with E-state index in [1.165, 1.54) is 0 Å². The van der Waals surface area contributed by atoms with Crippen molar-refractivity contribution in [2.24, 2.45) is 5.73 Å². The third kappa shape index (κ3) is 2.97. The van der Waals surface area contributed by atoms with Gasteiger partial charge in [0.1, 0.15) is 11.8 Å². The Labute approximate surface area is 118 Å². The minimum atomic E-state index is -0.664. The predicted molar refractivity (Wildman–Crippen MR) is 79.8 cm³/mol. The highest BCUT2D eigenvalue weighted by Gasteiger charge is 2.20. The number of methoxy groups -OCH3 is 1. The van der Waals surface area contributed by atoms with Gasteiger partial charge in [0.2, 0.25) is 5.91 Å². The van der Waals surface area contributed by atoms with Gasteiger partial charge < -0.3 is 15.4 Å². The van der Waals surface area contributed by atoms with Gasteiger partial charge in [-0.25, -0.2) is 0 Å². The van der Waals surface area contributed by atoms with Gasteiger partial charge in [0.05, 0.1) is 7.11 Å². The summed E-state index contributed by atoms with van der Waals surface area (Å²) in [6.07, 6.45) is 0. The van der Waals surface area contributed by atoms with E-state index in [9.17, 15) is 4.79 Å². The first-order valence-electron chi connectivity index (χ1n) is 6.35. The van der Waals surface area contributed by atoms with E-state index >= 15 is 0 Å². The summed E-state index contributed by atoms with van der Waals surface area (Å²) in [5.41, 5.74) is 7.60. The van der Waals surface area contributed by atoms with E-state index in [0.717, 1.165) is 17.0 Å². The highest BCUT2D eigenvalue weighted by atomic mass is 16.5. The number of benzene rings is 2. The molecule has 0 spiro atoms. The summed E-state index contributed by atoms with van der Waals surface area (Å²) in [4.78, 5) is 13.9. The fraction of sp³-hybridized carbons (Fsp3) is 0.188. The molecule has 0 aliphatic carbocycles. The maximum atomic E-state index is 12.4. The van der Waals surface area contributed by atoms with E-state index in [-0.39, 0.29) is 5.91 Å². The fourth-order valence-corrected chi connectivity index (χ4v) is 1.94. The van der Waals surface area contributed by atoms with Gasteiger partial charge in [-0.15, -0.1) is 0 Å². The zero-order valence-electron chi connectivity index (χ0n) is 11.6. The highest BCUT2D eigenvalue weighted by molar-refractivity contribution is 5.97. The molecule has 0 bridgehead atoms. The first-order valence-corrected chi connectivity index (χ1v) is 6.35. The second-order valence-corrected chi connectivity index (χ2v) is 4.48. The monoisotopic (exact) mass is 270 g/mol. The zero-order valence-corrected chi connectivity index (χ0v) is 11.6. The maximum Gasteiger partial charge on any atom is 0.248 e. The quantitative estimate of drug-likeness (QED) is 0.928. The Kier molecular flexibility index (Phi) is 4.38. The van der Waals surface area contributed by atoms with E-state index in [2.05, 4.69) is 0 Å². The third-order valence-corrected chi connectivity index (χ3v) is 3.22. The highest BCUT2D eigenvalue weighted by Crippen LogP contribution is 2.21. The van der Waals surface area contributed by atoms with Crippen molar-refractivity contribution in [2.75, 3.05) is 19.1 Å². The van der Waals surface area contributed by atoms with Crippen LogP contribution in [0.2, 0.25) is 0 Å². The summed E-state index contributed by atoms with van der Waals surface area (Å²) < 4.78 is 5.10. The number of nitrogens with two attached hydrogens (primary N) is 1. The Morgan fingerprint density at radius 3 is 2.25 bits per heavy atom. The predicted octanol–water partition coefficient (Wildman–Crippen LogP) is 2.36. The molecule has 2 aromatic carbocycles. The Morgan fingerprint density at radius 2 is 1.70 bits per heavy atom. The Hall–Kier alpha value is -2.33. The average molecular weight is 270 g/mol. The zero-order chi connectivity index (χ0) is 14.5. The number of hydrogen-bond acceptors (Lipinski definition) is 3. The van der Waals surface area contributed by atoms with E-state index in [4.69, 9.17) is 10.5 Å². The molecule has 2 rings (SSSR count). The van der Waals surface area contributed by atoms with Crippen molar-refractivity contribution in [3.8, 4) is 5.75 Å². The molecule has 0 saturated heterocycles. The third-order valence-electron chi connectivity index (χ3n) is 3.22. The lowest BCUT2D eigenvalue weighted by Gasteiger charge is -2.21. The van der Waals surface area contributed by atoms with Crippen LogP contribution in [0.3, 0.4) is 0 Å². The first-order chi connectivity index (χ1) is 9.63. The molecule has 0 aromatic heterocycles. The molecule has 0 fully saturated rings. The summed E-state index contributed by atoms with van der Waals surface area (Å²) in [7, 11) is 3.32. The van der Waals surface area contributed by atoms with Crippen molar-refractivity contribution < 1.29 is 9.53 Å². The molecule has 2 N–H and O–H groups in total. The molecular weight excluding hydrogens is 252 g/mol. The molecule has 0 heterocycles. The summed E-state index contributed by atoms with van der Waals surface area (Å²) >= 11 is 0. The van der Waals surface area contributed by atoms with Gasteiger partial charge in [-0.3, -0.25) is 4.79 Å². The van der Waals surface area contributed by atoms with Gasteiger partial charge in [0.15, 0.2) is 0 Å².